The Labute approximate surface area is 161 Å². The maximum Gasteiger partial charge on any atom is 0.232 e. The fraction of sp³-hybridized carbons (Fsp3) is 0.190. The quantitative estimate of drug-likeness (QED) is 0.490. The van der Waals surface area contributed by atoms with Crippen LogP contribution < -0.4 is 10.1 Å². The van der Waals surface area contributed by atoms with Crippen LogP contribution in [0.5, 0.6) is 5.75 Å². The first kappa shape index (κ1) is 17.4. The zero-order chi connectivity index (χ0) is 18.8. The number of hydrogen-bond donors (Lipinski definition) is 0. The van der Waals surface area contributed by atoms with E-state index in [1.54, 1.807) is 0 Å². The summed E-state index contributed by atoms with van der Waals surface area (Å²) in [7, 11) is 0. The normalized spacial score (nSPS) is 11.9. The molecule has 2 aromatic heterocycles. The van der Waals surface area contributed by atoms with E-state index in [9.17, 15) is 0 Å². The molecule has 0 saturated heterocycles. The summed E-state index contributed by atoms with van der Waals surface area (Å²) < 4.78 is 11.8. The van der Waals surface area contributed by atoms with Gasteiger partial charge >= 0.3 is 0 Å². The molecule has 4 rings (SSSR count). The second-order valence-electron chi connectivity index (χ2n) is 6.17. The Hall–Kier alpha value is -2.99. The van der Waals surface area contributed by atoms with E-state index in [1.165, 1.54) is 16.9 Å². The molecule has 0 radical (unpaired) electrons. The first-order valence-corrected chi connectivity index (χ1v) is 9.56. The second kappa shape index (κ2) is 7.32. The second-order valence-corrected chi connectivity index (χ2v) is 7.33. The lowest BCUT2D eigenvalue weighted by atomic mass is 10.1. The van der Waals surface area contributed by atoms with Crippen molar-refractivity contribution in [3.05, 3.63) is 64.5 Å². The van der Waals surface area contributed by atoms with E-state index in [-0.39, 0.29) is 0 Å². The van der Waals surface area contributed by atoms with Gasteiger partial charge in [0.1, 0.15) is 22.1 Å². The largest absolute Gasteiger partial charge is 0.494 e. The number of benzene rings is 2. The van der Waals surface area contributed by atoms with Crippen LogP contribution in [0.1, 0.15) is 17.5 Å². The molecule has 0 fully saturated rings. The number of aryl methyl sites for hydroxylation is 2. The molecule has 6 heteroatoms. The van der Waals surface area contributed by atoms with Crippen LogP contribution in [-0.4, -0.2) is 16.8 Å². The van der Waals surface area contributed by atoms with Gasteiger partial charge in [0.25, 0.3) is 0 Å². The van der Waals surface area contributed by atoms with Crippen molar-refractivity contribution >= 4 is 27.4 Å². The molecule has 0 unspecified atom stereocenters. The van der Waals surface area contributed by atoms with Crippen molar-refractivity contribution in [1.29, 1.82) is 0 Å². The van der Waals surface area contributed by atoms with Crippen molar-refractivity contribution in [1.82, 2.24) is 10.2 Å². The van der Waals surface area contributed by atoms with Gasteiger partial charge in [0, 0.05) is 17.0 Å². The van der Waals surface area contributed by atoms with Crippen LogP contribution in [0.25, 0.3) is 22.3 Å². The van der Waals surface area contributed by atoms with E-state index >= 15 is 0 Å². The molecule has 27 heavy (non-hydrogen) atoms. The van der Waals surface area contributed by atoms with Crippen LogP contribution in [0.4, 0.5) is 5.13 Å². The van der Waals surface area contributed by atoms with Gasteiger partial charge in [0.05, 0.1) is 12.0 Å². The van der Waals surface area contributed by atoms with Gasteiger partial charge in [-0.15, -0.1) is 10.2 Å². The summed E-state index contributed by atoms with van der Waals surface area (Å²) in [6, 6.07) is 16.0. The fourth-order valence-electron chi connectivity index (χ4n) is 2.79. The number of nitrogens with zero attached hydrogens (tertiary/aromatic N) is 3. The van der Waals surface area contributed by atoms with Crippen LogP contribution in [0.3, 0.4) is 0 Å². The summed E-state index contributed by atoms with van der Waals surface area (Å²) in [5.41, 5.74) is 2.95. The highest BCUT2D eigenvalue weighted by Gasteiger charge is 2.09. The average Bonchev–Trinajstić information content (AvgIpc) is 3.07. The number of aromatic nitrogens is 2. The first-order valence-electron chi connectivity index (χ1n) is 8.75. The van der Waals surface area contributed by atoms with E-state index in [2.05, 4.69) is 29.3 Å². The fourth-order valence-corrected chi connectivity index (χ4v) is 3.36. The van der Waals surface area contributed by atoms with Gasteiger partial charge in [-0.25, -0.2) is 4.99 Å². The summed E-state index contributed by atoms with van der Waals surface area (Å²) in [6.45, 7) is 6.55. The highest BCUT2D eigenvalue weighted by molar-refractivity contribution is 7.14. The molecule has 0 amide bonds. The van der Waals surface area contributed by atoms with Gasteiger partial charge in [0.2, 0.25) is 5.13 Å². The standard InChI is InChI=1S/C21H19N3O2S/c1-4-25-16-9-10-19-17(11-16)18(22-21-24-23-14(3)27-21)12-20(26-19)15-7-5-13(2)6-8-15/h5-12H,4H2,1-3H3/b22-18+. The molecular formula is C21H19N3O2S. The van der Waals surface area contributed by atoms with Gasteiger partial charge in [-0.3, -0.25) is 0 Å². The molecule has 0 aliphatic rings. The van der Waals surface area contributed by atoms with Gasteiger partial charge in [-0.05, 0) is 39.0 Å². The van der Waals surface area contributed by atoms with E-state index in [4.69, 9.17) is 14.1 Å². The molecule has 0 saturated carbocycles. The molecule has 4 aromatic rings. The Kier molecular flexibility index (Phi) is 4.73. The number of fused-ring (bicyclic) bond motifs is 1. The molecule has 2 heterocycles. The summed E-state index contributed by atoms with van der Waals surface area (Å²) in [4.78, 5) is 4.72. The van der Waals surface area contributed by atoms with Gasteiger partial charge in [0.15, 0.2) is 0 Å². The van der Waals surface area contributed by atoms with E-state index in [0.29, 0.717) is 11.7 Å². The lowest BCUT2D eigenvalue weighted by Crippen LogP contribution is -2.04. The Morgan fingerprint density at radius 2 is 1.85 bits per heavy atom. The minimum Gasteiger partial charge on any atom is -0.494 e. The summed E-state index contributed by atoms with van der Waals surface area (Å²) in [5, 5.41) is 11.4. The Bertz CT molecular complexity index is 1160. The van der Waals surface area contributed by atoms with Crippen LogP contribution in [-0.2, 0) is 0 Å². The Balaban J connectivity index is 1.96. The Morgan fingerprint density at radius 1 is 1.04 bits per heavy atom. The number of ether oxygens (including phenoxy) is 1. The van der Waals surface area contributed by atoms with Crippen molar-refractivity contribution in [2.75, 3.05) is 6.61 Å². The lowest BCUT2D eigenvalue weighted by Gasteiger charge is -2.07. The van der Waals surface area contributed by atoms with Crippen LogP contribution in [0.15, 0.2) is 57.9 Å². The average molecular weight is 377 g/mol. The van der Waals surface area contributed by atoms with Gasteiger partial charge in [-0.2, -0.15) is 0 Å². The minimum absolute atomic E-state index is 0.603. The van der Waals surface area contributed by atoms with Crippen LogP contribution >= 0.6 is 11.3 Å². The maximum absolute atomic E-state index is 6.16. The molecule has 0 aliphatic heterocycles. The molecule has 0 spiro atoms. The summed E-state index contributed by atoms with van der Waals surface area (Å²) >= 11 is 1.46. The summed E-state index contributed by atoms with van der Waals surface area (Å²) in [6.07, 6.45) is 0. The Morgan fingerprint density at radius 3 is 2.56 bits per heavy atom. The molecule has 0 N–H and O–H groups in total. The topological polar surface area (TPSA) is 60.5 Å². The predicted octanol–water partition coefficient (Wildman–Crippen LogP) is 5.20. The zero-order valence-corrected chi connectivity index (χ0v) is 16.2. The zero-order valence-electron chi connectivity index (χ0n) is 15.4. The molecule has 0 atom stereocenters. The van der Waals surface area contributed by atoms with Crippen LogP contribution in [0.2, 0.25) is 0 Å². The van der Waals surface area contributed by atoms with Gasteiger partial charge in [-0.1, -0.05) is 41.2 Å². The molecule has 5 nitrogen and oxygen atoms in total. The maximum atomic E-state index is 6.16. The lowest BCUT2D eigenvalue weighted by molar-refractivity contribution is 0.340. The summed E-state index contributed by atoms with van der Waals surface area (Å²) in [5.74, 6) is 1.54. The molecule has 0 aliphatic carbocycles. The van der Waals surface area contributed by atoms with Gasteiger partial charge < -0.3 is 9.15 Å². The van der Waals surface area contributed by atoms with E-state index in [1.807, 2.05) is 50.2 Å². The highest BCUT2D eigenvalue weighted by atomic mass is 32.1. The first-order chi connectivity index (χ1) is 13.1. The molecule has 0 bridgehead atoms. The smallest absolute Gasteiger partial charge is 0.232 e. The third-order valence-electron chi connectivity index (χ3n) is 4.09. The van der Waals surface area contributed by atoms with E-state index < -0.39 is 0 Å². The molecular weight excluding hydrogens is 358 g/mol. The molecule has 136 valence electrons. The predicted molar refractivity (Wildman–Crippen MR) is 107 cm³/mol. The number of rotatable bonds is 4. The van der Waals surface area contributed by atoms with Crippen molar-refractivity contribution in [3.63, 3.8) is 0 Å². The third kappa shape index (κ3) is 3.75. The SMILES string of the molecule is CCOc1ccc2oc(-c3ccc(C)cc3)c/c(=N\c3nnc(C)s3)c2c1. The third-order valence-corrected chi connectivity index (χ3v) is 4.83. The van der Waals surface area contributed by atoms with Crippen molar-refractivity contribution in [2.24, 2.45) is 4.99 Å². The number of hydrogen-bond acceptors (Lipinski definition) is 6. The van der Waals surface area contributed by atoms with Crippen LogP contribution in [0, 0.1) is 13.8 Å². The minimum atomic E-state index is 0.603. The van der Waals surface area contributed by atoms with E-state index in [0.717, 1.165) is 38.4 Å². The highest BCUT2D eigenvalue weighted by Crippen LogP contribution is 2.26. The monoisotopic (exact) mass is 377 g/mol. The van der Waals surface area contributed by atoms with Crippen molar-refractivity contribution < 1.29 is 9.15 Å². The van der Waals surface area contributed by atoms with Crippen molar-refractivity contribution in [2.45, 2.75) is 20.8 Å². The molecule has 2 aromatic carbocycles. The van der Waals surface area contributed by atoms with Crippen molar-refractivity contribution in [3.8, 4) is 17.1 Å².